The number of fused-ring (bicyclic) bond motifs is 1. The van der Waals surface area contributed by atoms with Crippen molar-refractivity contribution in [2.24, 2.45) is 46.4 Å². The molecule has 13 nitrogen and oxygen atoms in total. The molecule has 0 spiro atoms. The Hall–Kier alpha value is -2.88. The molecule has 0 amide bonds. The maximum atomic E-state index is 14.8. The molecule has 0 saturated carbocycles. The summed E-state index contributed by atoms with van der Waals surface area (Å²) in [5.41, 5.74) is 5.37. The van der Waals surface area contributed by atoms with E-state index in [9.17, 15) is 19.2 Å². The smallest absolute Gasteiger partial charge is 0.317 e. The van der Waals surface area contributed by atoms with Crippen LogP contribution in [0.1, 0.15) is 113 Å². The van der Waals surface area contributed by atoms with Gasteiger partial charge in [0.2, 0.25) is 0 Å². The molecule has 0 radical (unpaired) electrons. The van der Waals surface area contributed by atoms with Crippen molar-refractivity contribution in [2.45, 2.75) is 168 Å². The van der Waals surface area contributed by atoms with Crippen molar-refractivity contribution in [1.82, 2.24) is 4.90 Å². The van der Waals surface area contributed by atoms with Gasteiger partial charge in [-0.1, -0.05) is 90.9 Å². The number of nitrogens with zero attached hydrogens (tertiary/aromatic N) is 2. The first-order valence-corrected chi connectivity index (χ1v) is 24.9. The number of amidine groups is 1. The second kappa shape index (κ2) is 21.5. The van der Waals surface area contributed by atoms with Crippen LogP contribution in [0.3, 0.4) is 0 Å². The summed E-state index contributed by atoms with van der Waals surface area (Å²) >= 11 is 0. The molecule has 3 fully saturated rings. The van der Waals surface area contributed by atoms with Gasteiger partial charge in [0.1, 0.15) is 24.4 Å². The summed E-state index contributed by atoms with van der Waals surface area (Å²) in [7, 11) is 1.44. The molecule has 3 heterocycles. The third kappa shape index (κ3) is 11.8. The van der Waals surface area contributed by atoms with Gasteiger partial charge in [-0.15, -0.1) is 0 Å². The van der Waals surface area contributed by atoms with E-state index in [2.05, 4.69) is 51.7 Å². The molecule has 3 aliphatic rings. The van der Waals surface area contributed by atoms with E-state index in [0.29, 0.717) is 32.1 Å². The molecule has 3 saturated heterocycles. The molecule has 0 aliphatic carbocycles. The van der Waals surface area contributed by atoms with Gasteiger partial charge in [-0.2, -0.15) is 0 Å². The Balaban J connectivity index is 1.62. The second-order valence-corrected chi connectivity index (χ2v) is 23.4. The van der Waals surface area contributed by atoms with Crippen molar-refractivity contribution in [1.29, 1.82) is 0 Å². The van der Waals surface area contributed by atoms with Crippen LogP contribution in [0.2, 0.25) is 17.6 Å². The van der Waals surface area contributed by atoms with Crippen LogP contribution in [0.5, 0.6) is 0 Å². The van der Waals surface area contributed by atoms with Gasteiger partial charge in [0.05, 0.1) is 24.2 Å². The predicted octanol–water partition coefficient (Wildman–Crippen LogP) is 7.24. The summed E-state index contributed by atoms with van der Waals surface area (Å²) in [4.78, 5) is 61.9. The normalized spacial score (nSPS) is 35.6. The fourth-order valence-electron chi connectivity index (χ4n) is 10.5. The number of Topliss-reactive ketones (excluding diaryl/α,β-unsaturated/α-hetero) is 1. The lowest BCUT2D eigenvalue weighted by atomic mass is 9.67. The first kappa shape index (κ1) is 49.8. The molecule has 4 rings (SSSR count). The van der Waals surface area contributed by atoms with Crippen molar-refractivity contribution >= 4 is 31.9 Å². The number of cyclic esters (lactones) is 1. The summed E-state index contributed by atoms with van der Waals surface area (Å²) in [5.74, 6) is -4.98. The van der Waals surface area contributed by atoms with Gasteiger partial charge in [0.15, 0.2) is 26.0 Å². The Kier molecular flexibility index (Phi) is 17.8. The summed E-state index contributed by atoms with van der Waals surface area (Å²) in [5, 5.41) is 4.17. The topological polar surface area (TPSA) is 168 Å². The molecule has 60 heavy (non-hydrogen) atoms. The number of benzene rings is 1. The van der Waals surface area contributed by atoms with Crippen LogP contribution in [-0.4, -0.2) is 105 Å². The van der Waals surface area contributed by atoms with Crippen molar-refractivity contribution in [3.63, 3.8) is 0 Å². The molecule has 0 bridgehead atoms. The maximum Gasteiger partial charge on any atom is 0.317 e. The Morgan fingerprint density at radius 3 is 2.28 bits per heavy atom. The van der Waals surface area contributed by atoms with E-state index in [-0.39, 0.29) is 48.4 Å². The van der Waals surface area contributed by atoms with Gasteiger partial charge in [-0.25, -0.2) is 0 Å². The van der Waals surface area contributed by atoms with Crippen LogP contribution in [0, 0.1) is 35.5 Å². The zero-order valence-electron chi connectivity index (χ0n) is 38.6. The number of methoxy groups -OCH3 is 1. The van der Waals surface area contributed by atoms with Crippen LogP contribution < -0.4 is 5.73 Å². The highest BCUT2D eigenvalue weighted by atomic mass is 28.4. The lowest BCUT2D eigenvalue weighted by Crippen LogP contribution is -2.53. The molecule has 2 unspecified atom stereocenters. The van der Waals surface area contributed by atoms with Gasteiger partial charge in [0.25, 0.3) is 0 Å². The Morgan fingerprint density at radius 1 is 1.00 bits per heavy atom. The summed E-state index contributed by atoms with van der Waals surface area (Å²) in [6.45, 7) is 20.8. The number of esters is 2. The van der Waals surface area contributed by atoms with E-state index in [1.165, 1.54) is 0 Å². The maximum absolute atomic E-state index is 14.8. The van der Waals surface area contributed by atoms with Crippen molar-refractivity contribution in [2.75, 3.05) is 27.3 Å². The number of ether oxygens (including phenoxy) is 5. The van der Waals surface area contributed by atoms with Crippen LogP contribution >= 0.6 is 0 Å². The average Bonchev–Trinajstić information content (AvgIpc) is 3.50. The molecule has 340 valence electrons. The number of oxime groups is 1. The minimum Gasteiger partial charge on any atom is -0.458 e. The van der Waals surface area contributed by atoms with Crippen molar-refractivity contribution in [3.8, 4) is 0 Å². The number of nitrogens with two attached hydrogens (primary N) is 1. The number of carbonyl (C=O) groups is 3. The molecular weight excluding hydrogens is 783 g/mol. The molecule has 3 N–H and O–H groups in total. The number of rotatable bonds is 15. The number of carbonyl (C=O) groups excluding carboxylic acids is 3. The number of ketones is 1. The van der Waals surface area contributed by atoms with E-state index in [0.717, 1.165) is 30.6 Å². The molecule has 0 aromatic heterocycles. The van der Waals surface area contributed by atoms with Crippen molar-refractivity contribution in [3.05, 3.63) is 35.9 Å². The third-order valence-electron chi connectivity index (χ3n) is 14.2. The SMILES string of the molecule is CC[C@@H]1OC(=O)[C@H](C)C[C@H](C)C[C@](COC2C[C@@H](N(C)CC(C)[Si](O)(CC)CC)C[C@@H](C)O2)(OC)C[C@@H](C)C(=O)[C@H](C)[C@H]2[C@H](/C(N)=N/OCc3ccccc3)C(=O)O[C@]21C. The quantitative estimate of drug-likeness (QED) is 0.0598. The standard InChI is InChI=1S/C46H77N3O10Si/c1-13-37-45(10)40(39(44(52)59-45)42(47)48-56-27-35-19-17-16-18-20-35)34(9)41(50)31(6)25-46(54-12,24-29(4)21-30(5)43(51)58-37)28-55-38-23-36(22-32(7)57-38)49(11)26-33(8)60(53,14-2)15-3/h16-20,29-34,36-40,53H,13-15,21-28H2,1-12H3,(H2,47,48)/t29-,30+,31+,32+,33?,34+,36-,37-,38?,39+,40-,45-,46-/m0/s1. The van der Waals surface area contributed by atoms with Crippen molar-refractivity contribution < 1.29 is 47.7 Å². The molecule has 13 atom stereocenters. The van der Waals surface area contributed by atoms with Gasteiger partial charge in [-0.3, -0.25) is 14.4 Å². The highest BCUT2D eigenvalue weighted by Crippen LogP contribution is 2.48. The van der Waals surface area contributed by atoms with Crippen LogP contribution in [0.25, 0.3) is 0 Å². The molecule has 1 aromatic rings. The zero-order valence-corrected chi connectivity index (χ0v) is 39.6. The average molecular weight is 860 g/mol. The second-order valence-electron chi connectivity index (χ2n) is 18.8. The minimum absolute atomic E-state index is 0.00521. The first-order valence-electron chi connectivity index (χ1n) is 22.5. The van der Waals surface area contributed by atoms with Crippen LogP contribution in [-0.2, 0) is 49.5 Å². The minimum atomic E-state index is -2.34. The Morgan fingerprint density at radius 2 is 1.67 bits per heavy atom. The highest BCUT2D eigenvalue weighted by molar-refractivity contribution is 6.73. The van der Waals surface area contributed by atoms with E-state index in [1.807, 2.05) is 51.1 Å². The van der Waals surface area contributed by atoms with Gasteiger partial charge in [0, 0.05) is 43.9 Å². The van der Waals surface area contributed by atoms with Gasteiger partial charge < -0.3 is 44.0 Å². The van der Waals surface area contributed by atoms with Crippen LogP contribution in [0.15, 0.2) is 35.5 Å². The first-order chi connectivity index (χ1) is 28.3. The largest absolute Gasteiger partial charge is 0.458 e. The molecule has 14 heteroatoms. The fraction of sp³-hybridized carbons (Fsp3) is 0.783. The van der Waals surface area contributed by atoms with E-state index < -0.39 is 73.4 Å². The molecule has 3 aliphatic heterocycles. The summed E-state index contributed by atoms with van der Waals surface area (Å²) in [6, 6.07) is 11.3. The lowest BCUT2D eigenvalue weighted by Gasteiger charge is -2.43. The molecular formula is C46H77N3O10Si. The number of hydrogen-bond donors (Lipinski definition) is 2. The number of hydrogen-bond acceptors (Lipinski definition) is 12. The zero-order chi connectivity index (χ0) is 44.6. The lowest BCUT2D eigenvalue weighted by molar-refractivity contribution is -0.229. The van der Waals surface area contributed by atoms with E-state index in [4.69, 9.17) is 34.3 Å². The summed E-state index contributed by atoms with van der Waals surface area (Å²) < 4.78 is 31.9. The highest BCUT2D eigenvalue weighted by Gasteiger charge is 2.62. The van der Waals surface area contributed by atoms with E-state index >= 15 is 0 Å². The summed E-state index contributed by atoms with van der Waals surface area (Å²) in [6.07, 6.45) is 1.84. The third-order valence-corrected chi connectivity index (χ3v) is 18.7. The van der Waals surface area contributed by atoms with Gasteiger partial charge >= 0.3 is 11.9 Å². The Bertz CT molecular complexity index is 1600. The Labute approximate surface area is 360 Å². The van der Waals surface area contributed by atoms with Gasteiger partial charge in [-0.05, 0) is 82.1 Å². The fourth-order valence-corrected chi connectivity index (χ4v) is 13.0. The van der Waals surface area contributed by atoms with E-state index in [1.54, 1.807) is 21.0 Å². The molecule has 1 aromatic carbocycles. The predicted molar refractivity (Wildman–Crippen MR) is 234 cm³/mol. The van der Waals surface area contributed by atoms with Crippen LogP contribution in [0.4, 0.5) is 0 Å². The monoisotopic (exact) mass is 860 g/mol.